The Balaban J connectivity index is 2.13. The Morgan fingerprint density at radius 3 is 2.28 bits per heavy atom. The predicted molar refractivity (Wildman–Crippen MR) is 79.2 cm³/mol. The minimum atomic E-state index is 0.0331. The summed E-state index contributed by atoms with van der Waals surface area (Å²) in [6.07, 6.45) is 8.83. The van der Waals surface area contributed by atoms with E-state index in [-0.39, 0.29) is 5.54 Å². The summed E-state index contributed by atoms with van der Waals surface area (Å²) in [6.45, 7) is 0.679. The maximum Gasteiger partial charge on any atom is 0.0637 e. The van der Waals surface area contributed by atoms with Crippen molar-refractivity contribution in [3.63, 3.8) is 0 Å². The first-order valence-electron chi connectivity index (χ1n) is 6.99. The van der Waals surface area contributed by atoms with Crippen LogP contribution in [0.15, 0.2) is 24.3 Å². The summed E-state index contributed by atoms with van der Waals surface area (Å²) in [4.78, 5) is 0. The number of nitrogens with two attached hydrogens (primary N) is 1. The number of rotatable bonds is 3. The maximum atomic E-state index is 6.23. The highest BCUT2D eigenvalue weighted by Crippen LogP contribution is 2.31. The first-order valence-corrected chi connectivity index (χ1v) is 7.36. The Kier molecular flexibility index (Phi) is 4.90. The molecule has 18 heavy (non-hydrogen) atoms. The number of hydrogen-bond donors (Lipinski definition) is 2. The quantitative estimate of drug-likeness (QED) is 0.861. The van der Waals surface area contributed by atoms with Gasteiger partial charge < -0.3 is 11.1 Å². The van der Waals surface area contributed by atoms with Gasteiger partial charge in [-0.25, -0.2) is 0 Å². The summed E-state index contributed by atoms with van der Waals surface area (Å²) in [7, 11) is 0. The van der Waals surface area contributed by atoms with Gasteiger partial charge >= 0.3 is 0 Å². The normalized spacial score (nSPS) is 19.9. The number of halogens is 1. The Labute approximate surface area is 115 Å². The fraction of sp³-hybridized carbons (Fsp3) is 0.600. The molecule has 1 aromatic carbocycles. The van der Waals surface area contributed by atoms with Gasteiger partial charge in [-0.2, -0.15) is 0 Å². The van der Waals surface area contributed by atoms with Crippen molar-refractivity contribution in [3.8, 4) is 0 Å². The van der Waals surface area contributed by atoms with E-state index in [2.05, 4.69) is 5.32 Å². The molecular weight excluding hydrogens is 244 g/mol. The molecule has 0 aromatic heterocycles. The number of para-hydroxylation sites is 1. The average Bonchev–Trinajstić information content (AvgIpc) is 2.35. The number of benzene rings is 1. The van der Waals surface area contributed by atoms with Crippen molar-refractivity contribution >= 4 is 17.3 Å². The molecule has 0 spiro atoms. The summed E-state index contributed by atoms with van der Waals surface area (Å²) in [5, 5.41) is 4.41. The molecular formula is C15H23ClN2. The molecule has 1 fully saturated rings. The predicted octanol–water partition coefficient (Wildman–Crippen LogP) is 4.19. The lowest BCUT2D eigenvalue weighted by molar-refractivity contribution is 0.351. The molecule has 3 N–H and O–H groups in total. The van der Waals surface area contributed by atoms with E-state index in [1.54, 1.807) is 0 Å². The van der Waals surface area contributed by atoms with Gasteiger partial charge in [0.25, 0.3) is 0 Å². The minimum absolute atomic E-state index is 0.0331. The topological polar surface area (TPSA) is 38.0 Å². The molecule has 0 bridgehead atoms. The van der Waals surface area contributed by atoms with Gasteiger partial charge in [0.05, 0.1) is 10.7 Å². The molecule has 0 radical (unpaired) electrons. The smallest absolute Gasteiger partial charge is 0.0637 e. The van der Waals surface area contributed by atoms with E-state index in [1.807, 2.05) is 24.3 Å². The number of anilines is 1. The molecule has 0 atom stereocenters. The second-order valence-corrected chi connectivity index (χ2v) is 5.76. The zero-order valence-corrected chi connectivity index (χ0v) is 11.7. The molecule has 100 valence electrons. The third-order valence-corrected chi connectivity index (χ3v) is 4.30. The van der Waals surface area contributed by atoms with E-state index in [4.69, 9.17) is 17.3 Å². The Bertz CT molecular complexity index is 371. The second-order valence-electron chi connectivity index (χ2n) is 5.36. The third-order valence-electron chi connectivity index (χ3n) is 3.98. The van der Waals surface area contributed by atoms with Crippen LogP contribution in [0.4, 0.5) is 5.69 Å². The summed E-state index contributed by atoms with van der Waals surface area (Å²) in [5.74, 6) is 0. The van der Waals surface area contributed by atoms with Crippen LogP contribution in [0.5, 0.6) is 0 Å². The van der Waals surface area contributed by atoms with E-state index in [9.17, 15) is 0 Å². The summed E-state index contributed by atoms with van der Waals surface area (Å²) >= 11 is 6.23. The summed E-state index contributed by atoms with van der Waals surface area (Å²) < 4.78 is 0. The molecule has 2 nitrogen and oxygen atoms in total. The lowest BCUT2D eigenvalue weighted by Gasteiger charge is -2.36. The highest BCUT2D eigenvalue weighted by Gasteiger charge is 2.28. The highest BCUT2D eigenvalue weighted by molar-refractivity contribution is 6.33. The van der Waals surface area contributed by atoms with E-state index < -0.39 is 0 Å². The van der Waals surface area contributed by atoms with Crippen molar-refractivity contribution in [3.05, 3.63) is 29.3 Å². The Morgan fingerprint density at radius 2 is 1.67 bits per heavy atom. The zero-order chi connectivity index (χ0) is 12.8. The van der Waals surface area contributed by atoms with Gasteiger partial charge in [0.1, 0.15) is 0 Å². The molecule has 0 amide bonds. The molecule has 2 rings (SSSR count). The van der Waals surface area contributed by atoms with E-state index >= 15 is 0 Å². The van der Waals surface area contributed by atoms with E-state index in [1.165, 1.54) is 32.1 Å². The van der Waals surface area contributed by atoms with E-state index in [0.29, 0.717) is 6.54 Å². The van der Waals surface area contributed by atoms with Crippen LogP contribution in [0, 0.1) is 0 Å². The van der Waals surface area contributed by atoms with E-state index in [0.717, 1.165) is 23.6 Å². The molecule has 1 saturated carbocycles. The largest absolute Gasteiger partial charge is 0.377 e. The molecule has 1 aromatic rings. The Morgan fingerprint density at radius 1 is 1.06 bits per heavy atom. The van der Waals surface area contributed by atoms with Crippen molar-refractivity contribution in [2.45, 2.75) is 50.5 Å². The van der Waals surface area contributed by atoms with Crippen LogP contribution < -0.4 is 11.1 Å². The lowest BCUT2D eigenvalue weighted by atomic mass is 9.83. The molecule has 3 heteroatoms. The van der Waals surface area contributed by atoms with Crippen LogP contribution in [-0.2, 0) is 0 Å². The molecule has 0 aliphatic heterocycles. The summed E-state index contributed by atoms with van der Waals surface area (Å²) in [6, 6.07) is 7.94. The third kappa shape index (κ3) is 3.39. The molecule has 1 aliphatic carbocycles. The standard InChI is InChI=1S/C15H23ClN2/c16-13-8-4-5-9-14(13)18-15(12-17)10-6-2-1-3-7-11-15/h4-5,8-9,18H,1-3,6-7,10-12,17H2. The fourth-order valence-corrected chi connectivity index (χ4v) is 2.99. The molecule has 0 saturated heterocycles. The first kappa shape index (κ1) is 13.7. The van der Waals surface area contributed by atoms with Crippen molar-refractivity contribution < 1.29 is 0 Å². The number of nitrogens with one attached hydrogen (secondary N) is 1. The zero-order valence-electron chi connectivity index (χ0n) is 10.9. The van der Waals surface area contributed by atoms with Crippen LogP contribution in [0.1, 0.15) is 44.9 Å². The van der Waals surface area contributed by atoms with Gasteiger partial charge in [0.15, 0.2) is 0 Å². The summed E-state index contributed by atoms with van der Waals surface area (Å²) in [5.41, 5.74) is 7.10. The molecule has 0 heterocycles. The van der Waals surface area contributed by atoms with Gasteiger partial charge in [-0.05, 0) is 25.0 Å². The number of hydrogen-bond acceptors (Lipinski definition) is 2. The van der Waals surface area contributed by atoms with Crippen LogP contribution in [0.3, 0.4) is 0 Å². The van der Waals surface area contributed by atoms with Gasteiger partial charge in [-0.1, -0.05) is 55.8 Å². The maximum absolute atomic E-state index is 6.23. The van der Waals surface area contributed by atoms with Crippen LogP contribution in [-0.4, -0.2) is 12.1 Å². The fourth-order valence-electron chi connectivity index (χ4n) is 2.81. The van der Waals surface area contributed by atoms with Gasteiger partial charge in [-0.3, -0.25) is 0 Å². The van der Waals surface area contributed by atoms with Gasteiger partial charge in [-0.15, -0.1) is 0 Å². The molecule has 1 aliphatic rings. The van der Waals surface area contributed by atoms with Crippen molar-refractivity contribution in [2.24, 2.45) is 5.73 Å². The average molecular weight is 267 g/mol. The monoisotopic (exact) mass is 266 g/mol. The first-order chi connectivity index (χ1) is 8.76. The Hall–Kier alpha value is -0.730. The van der Waals surface area contributed by atoms with Crippen LogP contribution in [0.25, 0.3) is 0 Å². The lowest BCUT2D eigenvalue weighted by Crippen LogP contribution is -2.46. The van der Waals surface area contributed by atoms with Crippen molar-refractivity contribution in [1.29, 1.82) is 0 Å². The van der Waals surface area contributed by atoms with Crippen LogP contribution in [0.2, 0.25) is 5.02 Å². The van der Waals surface area contributed by atoms with Crippen molar-refractivity contribution in [2.75, 3.05) is 11.9 Å². The second kappa shape index (κ2) is 6.44. The van der Waals surface area contributed by atoms with Gasteiger partial charge in [0.2, 0.25) is 0 Å². The minimum Gasteiger partial charge on any atom is -0.377 e. The molecule has 0 unspecified atom stereocenters. The highest BCUT2D eigenvalue weighted by atomic mass is 35.5. The van der Waals surface area contributed by atoms with Gasteiger partial charge in [0, 0.05) is 12.1 Å². The van der Waals surface area contributed by atoms with Crippen LogP contribution >= 0.6 is 11.6 Å². The SMILES string of the molecule is NCC1(Nc2ccccc2Cl)CCCCCCC1. The van der Waals surface area contributed by atoms with Crippen molar-refractivity contribution in [1.82, 2.24) is 0 Å².